The summed E-state index contributed by atoms with van der Waals surface area (Å²) in [6.07, 6.45) is 8.89. The van der Waals surface area contributed by atoms with Gasteiger partial charge in [0.1, 0.15) is 6.10 Å². The van der Waals surface area contributed by atoms with E-state index in [2.05, 4.69) is 11.1 Å². The van der Waals surface area contributed by atoms with E-state index in [4.69, 9.17) is 4.74 Å². The fourth-order valence-corrected chi connectivity index (χ4v) is 2.25. The van der Waals surface area contributed by atoms with Gasteiger partial charge in [-0.05, 0) is 35.2 Å². The Labute approximate surface area is 117 Å². The first kappa shape index (κ1) is 12.6. The summed E-state index contributed by atoms with van der Waals surface area (Å²) in [6, 6.07) is 12.1. The number of hydrogen-bond donors (Lipinski definition) is 0. The second-order valence-electron chi connectivity index (χ2n) is 4.80. The van der Waals surface area contributed by atoms with Gasteiger partial charge >= 0.3 is 5.97 Å². The van der Waals surface area contributed by atoms with Crippen LogP contribution in [0.4, 0.5) is 0 Å². The van der Waals surface area contributed by atoms with Gasteiger partial charge in [0.05, 0.1) is 0 Å². The van der Waals surface area contributed by atoms with Crippen LogP contribution in [0.15, 0.2) is 48.8 Å². The van der Waals surface area contributed by atoms with Gasteiger partial charge in [-0.25, -0.2) is 0 Å². The normalized spacial score (nSPS) is 18.4. The van der Waals surface area contributed by atoms with Crippen LogP contribution in [0.1, 0.15) is 35.6 Å². The number of esters is 1. The molecule has 0 aliphatic carbocycles. The third-order valence-corrected chi connectivity index (χ3v) is 3.37. The van der Waals surface area contributed by atoms with Gasteiger partial charge in [0.15, 0.2) is 0 Å². The maximum atomic E-state index is 11.1. The lowest BCUT2D eigenvalue weighted by Gasteiger charge is -2.09. The summed E-state index contributed by atoms with van der Waals surface area (Å²) < 4.78 is 5.25. The highest BCUT2D eigenvalue weighted by atomic mass is 16.5. The molecule has 2 heterocycles. The third kappa shape index (κ3) is 2.94. The average molecular weight is 265 g/mol. The van der Waals surface area contributed by atoms with Crippen LogP contribution in [0.5, 0.6) is 0 Å². The first-order valence-corrected chi connectivity index (χ1v) is 6.69. The Morgan fingerprint density at radius 1 is 1.00 bits per heavy atom. The predicted molar refractivity (Wildman–Crippen MR) is 77.7 cm³/mol. The van der Waals surface area contributed by atoms with Gasteiger partial charge < -0.3 is 4.74 Å². The van der Waals surface area contributed by atoms with E-state index in [-0.39, 0.29) is 12.1 Å². The minimum atomic E-state index is -0.100. The van der Waals surface area contributed by atoms with E-state index in [1.807, 2.05) is 42.5 Å². The Hall–Kier alpha value is -2.42. The molecule has 1 aromatic heterocycles. The number of aromatic nitrogens is 1. The topological polar surface area (TPSA) is 39.2 Å². The second-order valence-corrected chi connectivity index (χ2v) is 4.80. The van der Waals surface area contributed by atoms with Crippen LogP contribution >= 0.6 is 0 Å². The van der Waals surface area contributed by atoms with E-state index in [9.17, 15) is 4.79 Å². The molecule has 1 aliphatic rings. The number of rotatable bonds is 3. The molecule has 3 nitrogen and oxygen atoms in total. The lowest BCUT2D eigenvalue weighted by molar-refractivity contribution is -0.141. The van der Waals surface area contributed by atoms with E-state index in [0.29, 0.717) is 6.42 Å². The molecule has 3 heteroatoms. The van der Waals surface area contributed by atoms with Crippen LogP contribution in [0, 0.1) is 0 Å². The molecule has 0 N–H and O–H groups in total. The Bertz CT molecular complexity index is 617. The number of ether oxygens (including phenoxy) is 1. The zero-order valence-electron chi connectivity index (χ0n) is 11.0. The first-order valence-electron chi connectivity index (χ1n) is 6.69. The number of benzene rings is 1. The van der Waals surface area contributed by atoms with Gasteiger partial charge in [-0.3, -0.25) is 9.78 Å². The molecule has 1 fully saturated rings. The minimum Gasteiger partial charge on any atom is -0.457 e. The molecule has 0 bridgehead atoms. The molecule has 0 radical (unpaired) electrons. The Kier molecular flexibility index (Phi) is 3.59. The Morgan fingerprint density at radius 2 is 1.65 bits per heavy atom. The molecule has 1 aliphatic heterocycles. The van der Waals surface area contributed by atoms with Crippen molar-refractivity contribution in [2.45, 2.75) is 18.9 Å². The van der Waals surface area contributed by atoms with E-state index >= 15 is 0 Å². The number of cyclic esters (lactones) is 1. The molecular formula is C17H15NO2. The zero-order chi connectivity index (χ0) is 13.8. The van der Waals surface area contributed by atoms with Gasteiger partial charge in [-0.15, -0.1) is 0 Å². The summed E-state index contributed by atoms with van der Waals surface area (Å²) in [5, 5.41) is 0. The largest absolute Gasteiger partial charge is 0.457 e. The predicted octanol–water partition coefficient (Wildman–Crippen LogP) is 3.63. The van der Waals surface area contributed by atoms with Gasteiger partial charge in [-0.1, -0.05) is 36.4 Å². The highest BCUT2D eigenvalue weighted by Gasteiger charge is 2.24. The van der Waals surface area contributed by atoms with Gasteiger partial charge in [0.25, 0.3) is 0 Å². The van der Waals surface area contributed by atoms with E-state index in [0.717, 1.165) is 23.1 Å². The van der Waals surface area contributed by atoms with E-state index in [1.54, 1.807) is 12.4 Å². The average Bonchev–Trinajstić information content (AvgIpc) is 2.93. The standard InChI is InChI=1S/C17H15NO2/c19-17-8-7-16(20-17)15-5-3-13(4-6-15)1-2-14-9-11-18-12-10-14/h1-6,9-12,16H,7-8H2/b2-1+. The molecule has 1 unspecified atom stereocenters. The van der Waals surface area contributed by atoms with Crippen molar-refractivity contribution in [1.29, 1.82) is 0 Å². The summed E-state index contributed by atoms with van der Waals surface area (Å²) in [7, 11) is 0. The summed E-state index contributed by atoms with van der Waals surface area (Å²) in [5.74, 6) is -0.100. The van der Waals surface area contributed by atoms with E-state index in [1.165, 1.54) is 0 Å². The van der Waals surface area contributed by atoms with Crippen LogP contribution in [0.25, 0.3) is 12.2 Å². The molecule has 1 saturated heterocycles. The molecule has 0 spiro atoms. The van der Waals surface area contributed by atoms with Crippen molar-refractivity contribution in [1.82, 2.24) is 4.98 Å². The lowest BCUT2D eigenvalue weighted by Crippen LogP contribution is -1.98. The highest BCUT2D eigenvalue weighted by molar-refractivity contribution is 5.72. The lowest BCUT2D eigenvalue weighted by atomic mass is 10.0. The summed E-state index contributed by atoms with van der Waals surface area (Å²) in [6.45, 7) is 0. The highest BCUT2D eigenvalue weighted by Crippen LogP contribution is 2.29. The van der Waals surface area contributed by atoms with Crippen molar-refractivity contribution in [3.63, 3.8) is 0 Å². The number of nitrogens with zero attached hydrogens (tertiary/aromatic N) is 1. The van der Waals surface area contributed by atoms with Gasteiger partial charge in [-0.2, -0.15) is 0 Å². The first-order chi connectivity index (χ1) is 9.81. The fourth-order valence-electron chi connectivity index (χ4n) is 2.25. The van der Waals surface area contributed by atoms with Crippen LogP contribution in [0.3, 0.4) is 0 Å². The minimum absolute atomic E-state index is 0.0688. The molecule has 0 amide bonds. The summed E-state index contributed by atoms with van der Waals surface area (Å²) in [5.41, 5.74) is 3.31. The Morgan fingerprint density at radius 3 is 2.25 bits per heavy atom. The SMILES string of the molecule is O=C1CCC(c2ccc(/C=C/c3ccncc3)cc2)O1. The summed E-state index contributed by atoms with van der Waals surface area (Å²) >= 11 is 0. The maximum Gasteiger partial charge on any atom is 0.306 e. The monoisotopic (exact) mass is 265 g/mol. The summed E-state index contributed by atoms with van der Waals surface area (Å²) in [4.78, 5) is 15.1. The smallest absolute Gasteiger partial charge is 0.306 e. The molecule has 100 valence electrons. The Balaban J connectivity index is 1.70. The van der Waals surface area contributed by atoms with Crippen molar-refractivity contribution in [3.05, 3.63) is 65.5 Å². The third-order valence-electron chi connectivity index (χ3n) is 3.37. The van der Waals surface area contributed by atoms with Crippen molar-refractivity contribution in [3.8, 4) is 0 Å². The molecule has 0 saturated carbocycles. The van der Waals surface area contributed by atoms with Crippen LogP contribution in [0.2, 0.25) is 0 Å². The van der Waals surface area contributed by atoms with Crippen molar-refractivity contribution in [2.24, 2.45) is 0 Å². The van der Waals surface area contributed by atoms with E-state index < -0.39 is 0 Å². The molecule has 2 aromatic rings. The van der Waals surface area contributed by atoms with Crippen molar-refractivity contribution >= 4 is 18.1 Å². The van der Waals surface area contributed by atoms with Crippen LogP contribution in [-0.4, -0.2) is 11.0 Å². The number of hydrogen-bond acceptors (Lipinski definition) is 3. The van der Waals surface area contributed by atoms with Gasteiger partial charge in [0.2, 0.25) is 0 Å². The molecular weight excluding hydrogens is 250 g/mol. The zero-order valence-corrected chi connectivity index (χ0v) is 11.0. The maximum absolute atomic E-state index is 11.1. The second kappa shape index (κ2) is 5.70. The van der Waals surface area contributed by atoms with Crippen molar-refractivity contribution in [2.75, 3.05) is 0 Å². The quantitative estimate of drug-likeness (QED) is 0.795. The van der Waals surface area contributed by atoms with Gasteiger partial charge in [0, 0.05) is 18.8 Å². The fraction of sp³-hybridized carbons (Fsp3) is 0.176. The van der Waals surface area contributed by atoms with Crippen molar-refractivity contribution < 1.29 is 9.53 Å². The number of carbonyl (C=O) groups excluding carboxylic acids is 1. The number of carbonyl (C=O) groups is 1. The number of pyridine rings is 1. The van der Waals surface area contributed by atoms with Crippen LogP contribution in [-0.2, 0) is 9.53 Å². The molecule has 3 rings (SSSR count). The molecule has 20 heavy (non-hydrogen) atoms. The molecule has 1 aromatic carbocycles. The molecule has 1 atom stereocenters. The van der Waals surface area contributed by atoms with Crippen LogP contribution < -0.4 is 0 Å².